The van der Waals surface area contributed by atoms with Crippen molar-refractivity contribution in [2.45, 2.75) is 45.2 Å². The minimum atomic E-state index is -4.06. The molecule has 0 atom stereocenters. The van der Waals surface area contributed by atoms with E-state index in [0.29, 0.717) is 13.1 Å². The zero-order valence-electron chi connectivity index (χ0n) is 11.4. The van der Waals surface area contributed by atoms with E-state index in [1.807, 2.05) is 0 Å². The lowest BCUT2D eigenvalue weighted by Gasteiger charge is -2.41. The maximum atomic E-state index is 12.2. The van der Waals surface area contributed by atoms with E-state index in [-0.39, 0.29) is 12.0 Å². The predicted octanol–water partition coefficient (Wildman–Crippen LogP) is 3.03. The van der Waals surface area contributed by atoms with Gasteiger partial charge in [0.05, 0.1) is 6.42 Å². The first-order valence-corrected chi connectivity index (χ1v) is 6.72. The first-order valence-electron chi connectivity index (χ1n) is 6.72. The second-order valence-corrected chi connectivity index (χ2v) is 5.99. The van der Waals surface area contributed by atoms with E-state index in [4.69, 9.17) is 5.73 Å². The Morgan fingerprint density at radius 1 is 1.28 bits per heavy atom. The molecule has 0 saturated heterocycles. The van der Waals surface area contributed by atoms with Crippen LogP contribution in [0, 0.1) is 11.3 Å². The molecule has 1 aliphatic rings. The molecular formula is C13H25F3N2. The molecule has 5 heteroatoms. The van der Waals surface area contributed by atoms with Crippen LogP contribution in [0.15, 0.2) is 0 Å². The lowest BCUT2D eigenvalue weighted by atomic mass is 9.70. The standard InChI is InChI=1S/C13H25F3N2/c1-11-3-5-12(9-17,6-4-11)10-18(2)8-7-13(14,15)16/h11H,3-10,17H2,1-2H3. The summed E-state index contributed by atoms with van der Waals surface area (Å²) in [6.07, 6.45) is -0.428. The van der Waals surface area contributed by atoms with Gasteiger partial charge in [-0.05, 0) is 37.8 Å². The molecule has 2 nitrogen and oxygen atoms in total. The molecule has 0 unspecified atom stereocenters. The van der Waals surface area contributed by atoms with Crippen LogP contribution in [0.5, 0.6) is 0 Å². The van der Waals surface area contributed by atoms with Gasteiger partial charge in [0.2, 0.25) is 0 Å². The minimum Gasteiger partial charge on any atom is -0.330 e. The summed E-state index contributed by atoms with van der Waals surface area (Å²) in [4.78, 5) is 1.79. The molecule has 0 spiro atoms. The molecular weight excluding hydrogens is 241 g/mol. The highest BCUT2D eigenvalue weighted by Gasteiger charge is 2.35. The predicted molar refractivity (Wildman–Crippen MR) is 67.3 cm³/mol. The number of rotatable bonds is 5. The van der Waals surface area contributed by atoms with Gasteiger partial charge in [0.15, 0.2) is 0 Å². The van der Waals surface area contributed by atoms with Crippen LogP contribution in [0.2, 0.25) is 0 Å². The first-order chi connectivity index (χ1) is 8.26. The molecule has 0 aromatic heterocycles. The highest BCUT2D eigenvalue weighted by atomic mass is 19.4. The van der Waals surface area contributed by atoms with Crippen molar-refractivity contribution in [2.24, 2.45) is 17.1 Å². The molecule has 2 N–H and O–H groups in total. The SMILES string of the molecule is CC1CCC(CN)(CN(C)CCC(F)(F)F)CC1. The highest BCUT2D eigenvalue weighted by Crippen LogP contribution is 2.38. The fourth-order valence-electron chi connectivity index (χ4n) is 2.77. The van der Waals surface area contributed by atoms with Crippen molar-refractivity contribution in [3.8, 4) is 0 Å². The van der Waals surface area contributed by atoms with Crippen molar-refractivity contribution in [1.82, 2.24) is 4.90 Å². The lowest BCUT2D eigenvalue weighted by molar-refractivity contribution is -0.138. The molecule has 0 amide bonds. The van der Waals surface area contributed by atoms with Gasteiger partial charge in [-0.1, -0.05) is 19.8 Å². The van der Waals surface area contributed by atoms with E-state index in [1.165, 1.54) is 0 Å². The van der Waals surface area contributed by atoms with Crippen molar-refractivity contribution in [2.75, 3.05) is 26.7 Å². The van der Waals surface area contributed by atoms with Crippen LogP contribution >= 0.6 is 0 Å². The van der Waals surface area contributed by atoms with E-state index in [0.717, 1.165) is 31.6 Å². The third-order valence-electron chi connectivity index (χ3n) is 4.15. The van der Waals surface area contributed by atoms with Crippen molar-refractivity contribution in [3.05, 3.63) is 0 Å². The van der Waals surface area contributed by atoms with Crippen LogP contribution in [-0.2, 0) is 0 Å². The quantitative estimate of drug-likeness (QED) is 0.828. The molecule has 1 aliphatic carbocycles. The van der Waals surface area contributed by atoms with Crippen LogP contribution in [0.25, 0.3) is 0 Å². The second-order valence-electron chi connectivity index (χ2n) is 5.99. The summed E-state index contributed by atoms with van der Waals surface area (Å²) < 4.78 is 36.5. The van der Waals surface area contributed by atoms with E-state index < -0.39 is 12.6 Å². The van der Waals surface area contributed by atoms with E-state index >= 15 is 0 Å². The zero-order chi connectivity index (χ0) is 13.8. The number of nitrogens with zero attached hydrogens (tertiary/aromatic N) is 1. The normalized spacial score (nSPS) is 29.8. The number of alkyl halides is 3. The van der Waals surface area contributed by atoms with Crippen molar-refractivity contribution in [1.29, 1.82) is 0 Å². The Labute approximate surface area is 108 Å². The van der Waals surface area contributed by atoms with Gasteiger partial charge in [-0.3, -0.25) is 0 Å². The van der Waals surface area contributed by atoms with Gasteiger partial charge in [0, 0.05) is 13.1 Å². The third kappa shape index (κ3) is 5.14. The molecule has 0 aromatic rings. The molecule has 1 rings (SSSR count). The van der Waals surface area contributed by atoms with Crippen LogP contribution in [0.4, 0.5) is 13.2 Å². The van der Waals surface area contributed by atoms with E-state index in [9.17, 15) is 13.2 Å². The summed E-state index contributed by atoms with van der Waals surface area (Å²) in [5.74, 6) is 0.727. The van der Waals surface area contributed by atoms with Crippen LogP contribution in [-0.4, -0.2) is 37.8 Å². The van der Waals surface area contributed by atoms with Gasteiger partial charge in [-0.2, -0.15) is 13.2 Å². The maximum absolute atomic E-state index is 12.2. The fourth-order valence-corrected chi connectivity index (χ4v) is 2.77. The number of hydrogen-bond acceptors (Lipinski definition) is 2. The molecule has 0 aliphatic heterocycles. The van der Waals surface area contributed by atoms with Gasteiger partial charge in [-0.25, -0.2) is 0 Å². The molecule has 0 bridgehead atoms. The van der Waals surface area contributed by atoms with Crippen LogP contribution in [0.1, 0.15) is 39.0 Å². The summed E-state index contributed by atoms with van der Waals surface area (Å²) in [6.45, 7) is 3.57. The van der Waals surface area contributed by atoms with E-state index in [2.05, 4.69) is 6.92 Å². The molecule has 18 heavy (non-hydrogen) atoms. The van der Waals surface area contributed by atoms with E-state index in [1.54, 1.807) is 11.9 Å². The van der Waals surface area contributed by atoms with Crippen molar-refractivity contribution < 1.29 is 13.2 Å². The average Bonchev–Trinajstić information content (AvgIpc) is 2.29. The Balaban J connectivity index is 2.42. The third-order valence-corrected chi connectivity index (χ3v) is 4.15. The Bertz CT molecular complexity index is 245. The van der Waals surface area contributed by atoms with Crippen LogP contribution in [0.3, 0.4) is 0 Å². The van der Waals surface area contributed by atoms with Gasteiger partial charge < -0.3 is 10.6 Å². The first kappa shape index (κ1) is 15.8. The van der Waals surface area contributed by atoms with Gasteiger partial charge in [0.25, 0.3) is 0 Å². The number of nitrogens with two attached hydrogens (primary N) is 1. The van der Waals surface area contributed by atoms with Gasteiger partial charge in [-0.15, -0.1) is 0 Å². The smallest absolute Gasteiger partial charge is 0.330 e. The summed E-state index contributed by atoms with van der Waals surface area (Å²) >= 11 is 0. The largest absolute Gasteiger partial charge is 0.390 e. The topological polar surface area (TPSA) is 29.3 Å². The summed E-state index contributed by atoms with van der Waals surface area (Å²) in [5.41, 5.74) is 5.90. The Hall–Kier alpha value is -0.290. The van der Waals surface area contributed by atoms with Gasteiger partial charge in [0.1, 0.15) is 0 Å². The highest BCUT2D eigenvalue weighted by molar-refractivity contribution is 4.88. The monoisotopic (exact) mass is 266 g/mol. The Kier molecular flexibility index (Phi) is 5.46. The second kappa shape index (κ2) is 6.24. The van der Waals surface area contributed by atoms with Crippen molar-refractivity contribution in [3.63, 3.8) is 0 Å². The maximum Gasteiger partial charge on any atom is 0.390 e. The average molecular weight is 266 g/mol. The molecule has 1 saturated carbocycles. The molecule has 0 aromatic carbocycles. The van der Waals surface area contributed by atoms with Crippen LogP contribution < -0.4 is 5.73 Å². The molecule has 108 valence electrons. The summed E-state index contributed by atoms with van der Waals surface area (Å²) in [5, 5.41) is 0. The summed E-state index contributed by atoms with van der Waals surface area (Å²) in [7, 11) is 1.77. The number of halogens is 3. The van der Waals surface area contributed by atoms with Crippen molar-refractivity contribution >= 4 is 0 Å². The lowest BCUT2D eigenvalue weighted by Crippen LogP contribution is -2.44. The molecule has 0 radical (unpaired) electrons. The fraction of sp³-hybridized carbons (Fsp3) is 1.00. The minimum absolute atomic E-state index is 0.0346. The number of hydrogen-bond donors (Lipinski definition) is 1. The molecule has 0 heterocycles. The van der Waals surface area contributed by atoms with Gasteiger partial charge >= 0.3 is 6.18 Å². The summed E-state index contributed by atoms with van der Waals surface area (Å²) in [6, 6.07) is 0. The Morgan fingerprint density at radius 2 is 1.83 bits per heavy atom. The molecule has 1 fully saturated rings. The zero-order valence-corrected chi connectivity index (χ0v) is 11.4. The Morgan fingerprint density at radius 3 is 2.28 bits per heavy atom.